The molecule has 0 aliphatic carbocycles. The summed E-state index contributed by atoms with van der Waals surface area (Å²) in [5.74, 6) is -0.770. The van der Waals surface area contributed by atoms with Crippen molar-refractivity contribution < 1.29 is 8.78 Å². The van der Waals surface area contributed by atoms with Gasteiger partial charge in [0.15, 0.2) is 0 Å². The molecule has 0 radical (unpaired) electrons. The first-order valence-corrected chi connectivity index (χ1v) is 8.04. The van der Waals surface area contributed by atoms with Gasteiger partial charge in [-0.05, 0) is 25.0 Å². The van der Waals surface area contributed by atoms with Crippen LogP contribution in [0.1, 0.15) is 49.8 Å². The van der Waals surface area contributed by atoms with Crippen molar-refractivity contribution in [2.75, 3.05) is 26.2 Å². The maximum Gasteiger partial charge on any atom is 0.133 e. The van der Waals surface area contributed by atoms with Crippen molar-refractivity contribution in [3.8, 4) is 0 Å². The van der Waals surface area contributed by atoms with E-state index in [1.807, 2.05) is 0 Å². The number of unbranched alkanes of at least 4 members (excludes halogenated alkanes) is 2. The Morgan fingerprint density at radius 2 is 1.86 bits per heavy atom. The van der Waals surface area contributed by atoms with Crippen LogP contribution < -0.4 is 5.32 Å². The molecule has 5 heteroatoms. The average molecular weight is 333 g/mol. The fourth-order valence-corrected chi connectivity index (χ4v) is 3.07. The molecule has 0 bridgehead atoms. The van der Waals surface area contributed by atoms with E-state index in [9.17, 15) is 8.78 Å². The van der Waals surface area contributed by atoms with E-state index in [4.69, 9.17) is 0 Å². The Morgan fingerprint density at radius 1 is 1.18 bits per heavy atom. The summed E-state index contributed by atoms with van der Waals surface area (Å²) in [4.78, 5) is 2.23. The summed E-state index contributed by atoms with van der Waals surface area (Å²) in [6.45, 7) is 7.33. The normalized spacial score (nSPS) is 17.1. The van der Waals surface area contributed by atoms with E-state index in [0.29, 0.717) is 5.56 Å². The van der Waals surface area contributed by atoms with Gasteiger partial charge in [-0.3, -0.25) is 4.90 Å². The van der Waals surface area contributed by atoms with Crippen molar-refractivity contribution in [3.05, 3.63) is 34.9 Å². The van der Waals surface area contributed by atoms with E-state index < -0.39 is 5.82 Å². The molecule has 1 fully saturated rings. The van der Waals surface area contributed by atoms with E-state index in [-0.39, 0.29) is 29.8 Å². The summed E-state index contributed by atoms with van der Waals surface area (Å²) in [7, 11) is 0. The molecule has 1 N–H and O–H groups in total. The van der Waals surface area contributed by atoms with E-state index in [2.05, 4.69) is 17.1 Å². The minimum absolute atomic E-state index is 0. The second kappa shape index (κ2) is 9.43. The maximum absolute atomic E-state index is 14.5. The number of halogens is 3. The first kappa shape index (κ1) is 19.3. The van der Waals surface area contributed by atoms with Crippen molar-refractivity contribution in [1.29, 1.82) is 0 Å². The Labute approximate surface area is 138 Å². The van der Waals surface area contributed by atoms with E-state index in [0.717, 1.165) is 51.9 Å². The Hall–Kier alpha value is -0.710. The van der Waals surface area contributed by atoms with Crippen LogP contribution in [0.5, 0.6) is 0 Å². The van der Waals surface area contributed by atoms with E-state index in [1.54, 1.807) is 6.92 Å². The third-order valence-corrected chi connectivity index (χ3v) is 4.33. The van der Waals surface area contributed by atoms with Gasteiger partial charge in [-0.25, -0.2) is 8.78 Å². The summed E-state index contributed by atoms with van der Waals surface area (Å²) in [5, 5.41) is 3.30. The lowest BCUT2D eigenvalue weighted by Crippen LogP contribution is -2.45. The van der Waals surface area contributed by atoms with Crippen LogP contribution in [0.3, 0.4) is 0 Å². The third kappa shape index (κ3) is 4.64. The molecule has 2 rings (SSSR count). The highest BCUT2D eigenvalue weighted by atomic mass is 35.5. The molecular weight excluding hydrogens is 306 g/mol. The van der Waals surface area contributed by atoms with Gasteiger partial charge in [0.05, 0.1) is 0 Å². The highest BCUT2D eigenvalue weighted by Crippen LogP contribution is 2.32. The Balaban J connectivity index is 0.00000242. The molecular formula is C17H27ClF2N2. The molecule has 0 aromatic heterocycles. The lowest BCUT2D eigenvalue weighted by atomic mass is 9.95. The molecule has 2 nitrogen and oxygen atoms in total. The largest absolute Gasteiger partial charge is 0.314 e. The second-order valence-corrected chi connectivity index (χ2v) is 5.89. The summed E-state index contributed by atoms with van der Waals surface area (Å²) in [6, 6.07) is 2.79. The first-order chi connectivity index (χ1) is 10.1. The Morgan fingerprint density at radius 3 is 2.50 bits per heavy atom. The van der Waals surface area contributed by atoms with Crippen LogP contribution in [-0.2, 0) is 0 Å². The molecule has 0 amide bonds. The van der Waals surface area contributed by atoms with Crippen molar-refractivity contribution >= 4 is 12.4 Å². The van der Waals surface area contributed by atoms with Gasteiger partial charge in [0.2, 0.25) is 0 Å². The highest BCUT2D eigenvalue weighted by molar-refractivity contribution is 5.85. The summed E-state index contributed by atoms with van der Waals surface area (Å²) in [6.07, 6.45) is 4.06. The lowest BCUT2D eigenvalue weighted by Gasteiger charge is -2.35. The number of nitrogens with one attached hydrogen (secondary N) is 1. The number of piperazine rings is 1. The van der Waals surface area contributed by atoms with Crippen LogP contribution in [0.25, 0.3) is 0 Å². The van der Waals surface area contributed by atoms with Crippen molar-refractivity contribution in [2.45, 2.75) is 45.6 Å². The van der Waals surface area contributed by atoms with Gasteiger partial charge < -0.3 is 5.32 Å². The van der Waals surface area contributed by atoms with E-state index in [1.165, 1.54) is 12.1 Å². The number of rotatable bonds is 6. The van der Waals surface area contributed by atoms with Gasteiger partial charge in [-0.2, -0.15) is 0 Å². The minimum Gasteiger partial charge on any atom is -0.314 e. The molecule has 1 atom stereocenters. The first-order valence-electron chi connectivity index (χ1n) is 8.04. The molecule has 1 saturated heterocycles. The maximum atomic E-state index is 14.5. The fourth-order valence-electron chi connectivity index (χ4n) is 3.07. The molecule has 1 aromatic rings. The average Bonchev–Trinajstić information content (AvgIpc) is 2.51. The third-order valence-electron chi connectivity index (χ3n) is 4.33. The second-order valence-electron chi connectivity index (χ2n) is 5.89. The molecule has 1 aromatic carbocycles. The molecule has 1 aliphatic heterocycles. The predicted molar refractivity (Wildman–Crippen MR) is 89.7 cm³/mol. The number of hydrogen-bond acceptors (Lipinski definition) is 2. The number of hydrogen-bond donors (Lipinski definition) is 1. The van der Waals surface area contributed by atoms with Crippen LogP contribution >= 0.6 is 12.4 Å². The molecule has 0 unspecified atom stereocenters. The number of nitrogens with zero attached hydrogens (tertiary/aromatic N) is 1. The molecule has 22 heavy (non-hydrogen) atoms. The summed E-state index contributed by atoms with van der Waals surface area (Å²) in [5.41, 5.74) is 0.801. The van der Waals surface area contributed by atoms with Crippen LogP contribution in [0, 0.1) is 18.6 Å². The molecule has 0 saturated carbocycles. The van der Waals surface area contributed by atoms with Crippen LogP contribution in [-0.4, -0.2) is 31.1 Å². The van der Waals surface area contributed by atoms with Crippen LogP contribution in [0.2, 0.25) is 0 Å². The van der Waals surface area contributed by atoms with Crippen LogP contribution in [0.15, 0.2) is 12.1 Å². The topological polar surface area (TPSA) is 15.3 Å². The Kier molecular flexibility index (Phi) is 8.29. The zero-order valence-corrected chi connectivity index (χ0v) is 14.3. The molecule has 1 heterocycles. The number of aryl methyl sites for hydroxylation is 1. The fraction of sp³-hybridized carbons (Fsp3) is 0.647. The molecule has 126 valence electrons. The van der Waals surface area contributed by atoms with Gasteiger partial charge in [-0.15, -0.1) is 12.4 Å². The monoisotopic (exact) mass is 332 g/mol. The van der Waals surface area contributed by atoms with Gasteiger partial charge in [0.1, 0.15) is 11.6 Å². The van der Waals surface area contributed by atoms with Crippen molar-refractivity contribution in [3.63, 3.8) is 0 Å². The standard InChI is InChI=1S/C17H26F2N2.ClH/c1-3-4-5-6-15(21-11-9-20-10-12-21)16-14(18)8-7-13(2)17(16)19;/h7-8,15,20H,3-6,9-12H2,1-2H3;1H/t15-;/m0./s1. The quantitative estimate of drug-likeness (QED) is 0.785. The number of benzene rings is 1. The predicted octanol–water partition coefficient (Wildman–Crippen LogP) is 4.22. The smallest absolute Gasteiger partial charge is 0.133 e. The zero-order valence-electron chi connectivity index (χ0n) is 13.5. The zero-order chi connectivity index (χ0) is 15.2. The van der Waals surface area contributed by atoms with Gasteiger partial charge >= 0.3 is 0 Å². The SMILES string of the molecule is CCCCC[C@@H](c1c(F)ccc(C)c1F)N1CCNCC1.Cl. The lowest BCUT2D eigenvalue weighted by molar-refractivity contribution is 0.156. The van der Waals surface area contributed by atoms with Crippen LogP contribution in [0.4, 0.5) is 8.78 Å². The summed E-state index contributed by atoms with van der Waals surface area (Å²) < 4.78 is 28.8. The molecule has 1 aliphatic rings. The van der Waals surface area contributed by atoms with Gasteiger partial charge in [0, 0.05) is 37.8 Å². The van der Waals surface area contributed by atoms with Gasteiger partial charge in [0.25, 0.3) is 0 Å². The van der Waals surface area contributed by atoms with E-state index >= 15 is 0 Å². The van der Waals surface area contributed by atoms with Gasteiger partial charge in [-0.1, -0.05) is 32.3 Å². The van der Waals surface area contributed by atoms with Crippen molar-refractivity contribution in [2.24, 2.45) is 0 Å². The highest BCUT2D eigenvalue weighted by Gasteiger charge is 2.27. The summed E-state index contributed by atoms with van der Waals surface area (Å²) >= 11 is 0. The van der Waals surface area contributed by atoms with Crippen molar-refractivity contribution in [1.82, 2.24) is 10.2 Å². The minimum atomic E-state index is -0.405. The molecule has 0 spiro atoms. The Bertz CT molecular complexity index is 462.